The van der Waals surface area contributed by atoms with Crippen LogP contribution in [-0.4, -0.2) is 23.2 Å². The summed E-state index contributed by atoms with van der Waals surface area (Å²) in [7, 11) is 1.63. The normalized spacial score (nSPS) is 10.7. The molecule has 0 aliphatic carbocycles. The molecule has 0 saturated carbocycles. The van der Waals surface area contributed by atoms with Crippen molar-refractivity contribution in [1.29, 1.82) is 0 Å². The quantitative estimate of drug-likeness (QED) is 0.720. The predicted molar refractivity (Wildman–Crippen MR) is 100 cm³/mol. The molecule has 0 amide bonds. The molecule has 0 saturated heterocycles. The maximum Gasteiger partial charge on any atom is 0.308 e. The second-order valence-electron chi connectivity index (χ2n) is 5.91. The number of thiazole rings is 1. The van der Waals surface area contributed by atoms with E-state index in [2.05, 4.69) is 6.07 Å². The zero-order valence-corrected chi connectivity index (χ0v) is 15.2. The van der Waals surface area contributed by atoms with Gasteiger partial charge in [-0.05, 0) is 43.7 Å². The standard InChI is InChI=1S/C20H19NO3S/c1-12-4-9-16(13(2)10-12)19-17(11-18(22)23)25-20(21-19)14-5-7-15(24-3)8-6-14/h4-10H,11H2,1-3H3,(H,22,23). The molecule has 0 bridgehead atoms. The van der Waals surface area contributed by atoms with E-state index < -0.39 is 5.97 Å². The molecule has 5 heteroatoms. The van der Waals surface area contributed by atoms with Crippen LogP contribution in [0.2, 0.25) is 0 Å². The van der Waals surface area contributed by atoms with Crippen LogP contribution in [0.3, 0.4) is 0 Å². The van der Waals surface area contributed by atoms with Crippen LogP contribution in [0.25, 0.3) is 21.8 Å². The lowest BCUT2D eigenvalue weighted by Crippen LogP contribution is -2.00. The van der Waals surface area contributed by atoms with Gasteiger partial charge in [-0.25, -0.2) is 4.98 Å². The molecule has 0 spiro atoms. The number of aromatic nitrogens is 1. The number of carboxylic acids is 1. The van der Waals surface area contributed by atoms with Gasteiger partial charge in [0.1, 0.15) is 10.8 Å². The van der Waals surface area contributed by atoms with Gasteiger partial charge in [0, 0.05) is 16.0 Å². The van der Waals surface area contributed by atoms with E-state index in [1.165, 1.54) is 16.9 Å². The van der Waals surface area contributed by atoms with Gasteiger partial charge < -0.3 is 9.84 Å². The maximum atomic E-state index is 11.3. The van der Waals surface area contributed by atoms with Gasteiger partial charge in [-0.2, -0.15) is 0 Å². The molecule has 128 valence electrons. The smallest absolute Gasteiger partial charge is 0.308 e. The number of ether oxygens (including phenoxy) is 1. The number of carbonyl (C=O) groups is 1. The SMILES string of the molecule is COc1ccc(-c2nc(-c3ccc(C)cc3C)c(CC(=O)O)s2)cc1. The summed E-state index contributed by atoms with van der Waals surface area (Å²) in [4.78, 5) is 16.8. The highest BCUT2D eigenvalue weighted by atomic mass is 32.1. The molecule has 0 fully saturated rings. The van der Waals surface area contributed by atoms with Crippen LogP contribution >= 0.6 is 11.3 Å². The van der Waals surface area contributed by atoms with Gasteiger partial charge in [-0.3, -0.25) is 4.79 Å². The third-order valence-electron chi connectivity index (χ3n) is 3.98. The van der Waals surface area contributed by atoms with Crippen molar-refractivity contribution in [2.45, 2.75) is 20.3 Å². The van der Waals surface area contributed by atoms with Gasteiger partial charge in [0.25, 0.3) is 0 Å². The van der Waals surface area contributed by atoms with Crippen molar-refractivity contribution in [3.63, 3.8) is 0 Å². The van der Waals surface area contributed by atoms with Crippen LogP contribution in [0.1, 0.15) is 16.0 Å². The lowest BCUT2D eigenvalue weighted by molar-refractivity contribution is -0.136. The summed E-state index contributed by atoms with van der Waals surface area (Å²) in [5.74, 6) is -0.0726. The molecule has 3 aromatic rings. The Labute approximate surface area is 150 Å². The first-order valence-corrected chi connectivity index (χ1v) is 8.73. The number of methoxy groups -OCH3 is 1. The number of aryl methyl sites for hydroxylation is 2. The fourth-order valence-electron chi connectivity index (χ4n) is 2.76. The third-order valence-corrected chi connectivity index (χ3v) is 5.09. The van der Waals surface area contributed by atoms with Crippen LogP contribution in [0.5, 0.6) is 5.75 Å². The summed E-state index contributed by atoms with van der Waals surface area (Å²) in [5, 5.41) is 10.1. The number of rotatable bonds is 5. The second kappa shape index (κ2) is 7.07. The van der Waals surface area contributed by atoms with E-state index in [9.17, 15) is 9.90 Å². The molecule has 1 heterocycles. The van der Waals surface area contributed by atoms with Gasteiger partial charge in [-0.15, -0.1) is 11.3 Å². The topological polar surface area (TPSA) is 59.4 Å². The van der Waals surface area contributed by atoms with E-state index in [1.54, 1.807) is 7.11 Å². The highest BCUT2D eigenvalue weighted by molar-refractivity contribution is 7.15. The van der Waals surface area contributed by atoms with E-state index in [4.69, 9.17) is 9.72 Å². The number of aliphatic carboxylic acids is 1. The molecule has 0 atom stereocenters. The number of benzene rings is 2. The van der Waals surface area contributed by atoms with Crippen LogP contribution in [0.15, 0.2) is 42.5 Å². The molecule has 4 nitrogen and oxygen atoms in total. The first-order valence-electron chi connectivity index (χ1n) is 7.91. The fourth-order valence-corrected chi connectivity index (χ4v) is 3.83. The van der Waals surface area contributed by atoms with Crippen LogP contribution in [0, 0.1) is 13.8 Å². The van der Waals surface area contributed by atoms with Gasteiger partial charge in [0.05, 0.1) is 19.2 Å². The Hall–Kier alpha value is -2.66. The Balaban J connectivity index is 2.09. The van der Waals surface area contributed by atoms with Gasteiger partial charge in [-0.1, -0.05) is 23.8 Å². The molecule has 0 unspecified atom stereocenters. The van der Waals surface area contributed by atoms with Crippen molar-refractivity contribution < 1.29 is 14.6 Å². The molecule has 2 aromatic carbocycles. The Morgan fingerprint density at radius 2 is 1.88 bits per heavy atom. The van der Waals surface area contributed by atoms with Gasteiger partial charge in [0.15, 0.2) is 0 Å². The van der Waals surface area contributed by atoms with Crippen molar-refractivity contribution >= 4 is 17.3 Å². The number of carboxylic acid groups (broad SMARTS) is 1. The minimum Gasteiger partial charge on any atom is -0.497 e. The van der Waals surface area contributed by atoms with Crippen molar-refractivity contribution in [3.8, 4) is 27.6 Å². The van der Waals surface area contributed by atoms with E-state index in [0.717, 1.165) is 38.0 Å². The summed E-state index contributed by atoms with van der Waals surface area (Å²) in [6.45, 7) is 4.07. The zero-order valence-electron chi connectivity index (χ0n) is 14.4. The van der Waals surface area contributed by atoms with Gasteiger partial charge in [0.2, 0.25) is 0 Å². The summed E-state index contributed by atoms with van der Waals surface area (Å²) < 4.78 is 5.19. The highest BCUT2D eigenvalue weighted by Gasteiger charge is 2.18. The summed E-state index contributed by atoms with van der Waals surface area (Å²) >= 11 is 1.43. The summed E-state index contributed by atoms with van der Waals surface area (Å²) in [6.07, 6.45) is -0.0313. The van der Waals surface area contributed by atoms with Gasteiger partial charge >= 0.3 is 5.97 Å². The Kier molecular flexibility index (Phi) is 4.86. The first-order chi connectivity index (χ1) is 12.0. The molecule has 25 heavy (non-hydrogen) atoms. The minimum atomic E-state index is -0.851. The molecular formula is C20H19NO3S. The van der Waals surface area contributed by atoms with Crippen molar-refractivity contribution in [2.24, 2.45) is 0 Å². The molecule has 3 rings (SSSR count). The third kappa shape index (κ3) is 3.72. The molecule has 1 aromatic heterocycles. The predicted octanol–water partition coefficient (Wildman–Crippen LogP) is 4.73. The van der Waals surface area contributed by atoms with Crippen molar-refractivity contribution in [3.05, 3.63) is 58.5 Å². The minimum absolute atomic E-state index is 0.0313. The van der Waals surface area contributed by atoms with Crippen molar-refractivity contribution in [2.75, 3.05) is 7.11 Å². The molecule has 0 aliphatic rings. The highest BCUT2D eigenvalue weighted by Crippen LogP contribution is 2.36. The largest absolute Gasteiger partial charge is 0.497 e. The lowest BCUT2D eigenvalue weighted by Gasteiger charge is -2.06. The summed E-state index contributed by atoms with van der Waals surface area (Å²) in [5.41, 5.74) is 4.96. The molecule has 0 aliphatic heterocycles. The molecule has 0 radical (unpaired) electrons. The van der Waals surface area contributed by atoms with Crippen LogP contribution in [-0.2, 0) is 11.2 Å². The van der Waals surface area contributed by atoms with Crippen molar-refractivity contribution in [1.82, 2.24) is 4.98 Å². The second-order valence-corrected chi connectivity index (χ2v) is 6.99. The Morgan fingerprint density at radius 1 is 1.16 bits per heavy atom. The van der Waals surface area contributed by atoms with Crippen LogP contribution in [0.4, 0.5) is 0 Å². The van der Waals surface area contributed by atoms with E-state index in [0.29, 0.717) is 0 Å². The lowest BCUT2D eigenvalue weighted by atomic mass is 10.0. The molecule has 1 N–H and O–H groups in total. The Bertz CT molecular complexity index is 913. The number of hydrogen-bond acceptors (Lipinski definition) is 4. The Morgan fingerprint density at radius 3 is 2.48 bits per heavy atom. The maximum absolute atomic E-state index is 11.3. The first kappa shape index (κ1) is 17.2. The number of hydrogen-bond donors (Lipinski definition) is 1. The monoisotopic (exact) mass is 353 g/mol. The average Bonchev–Trinajstić information content (AvgIpc) is 2.98. The van der Waals surface area contributed by atoms with E-state index in [-0.39, 0.29) is 6.42 Å². The average molecular weight is 353 g/mol. The van der Waals surface area contributed by atoms with Crippen LogP contribution < -0.4 is 4.74 Å². The summed E-state index contributed by atoms with van der Waals surface area (Å²) in [6, 6.07) is 13.8. The zero-order chi connectivity index (χ0) is 18.0. The molecular weight excluding hydrogens is 334 g/mol. The van der Waals surface area contributed by atoms with E-state index in [1.807, 2.05) is 50.2 Å². The number of nitrogens with zero attached hydrogens (tertiary/aromatic N) is 1. The van der Waals surface area contributed by atoms with E-state index >= 15 is 0 Å². The fraction of sp³-hybridized carbons (Fsp3) is 0.200.